The first kappa shape index (κ1) is 20.8. The van der Waals surface area contributed by atoms with Crippen LogP contribution in [-0.2, 0) is 11.2 Å². The van der Waals surface area contributed by atoms with E-state index in [1.807, 2.05) is 59.5 Å². The summed E-state index contributed by atoms with van der Waals surface area (Å²) in [4.78, 5) is 41.9. The Hall–Kier alpha value is -4.07. The number of carbonyl (C=O) groups excluding carboxylic acids is 2. The predicted octanol–water partition coefficient (Wildman–Crippen LogP) is 2.73. The van der Waals surface area contributed by atoms with Crippen molar-refractivity contribution >= 4 is 22.8 Å². The number of hydrogen-bond acceptors (Lipinski definition) is 5. The molecule has 166 valence electrons. The van der Waals surface area contributed by atoms with Crippen molar-refractivity contribution in [1.82, 2.24) is 29.3 Å². The third-order valence-corrected chi connectivity index (χ3v) is 5.91. The molecule has 0 radical (unpaired) electrons. The van der Waals surface area contributed by atoms with E-state index in [1.54, 1.807) is 11.1 Å². The second kappa shape index (κ2) is 9.20. The number of imidazole rings is 1. The van der Waals surface area contributed by atoms with Gasteiger partial charge in [0.2, 0.25) is 5.91 Å². The number of para-hydroxylation sites is 3. The monoisotopic (exact) mass is 440 g/mol. The molecular formula is C25H24N6O2. The van der Waals surface area contributed by atoms with Gasteiger partial charge in [-0.25, -0.2) is 9.97 Å². The van der Waals surface area contributed by atoms with Crippen LogP contribution in [0.15, 0.2) is 73.2 Å². The van der Waals surface area contributed by atoms with Gasteiger partial charge in [0.15, 0.2) is 0 Å². The zero-order valence-electron chi connectivity index (χ0n) is 18.2. The molecular weight excluding hydrogens is 416 g/mol. The van der Waals surface area contributed by atoms with Gasteiger partial charge in [-0.1, -0.05) is 30.3 Å². The van der Waals surface area contributed by atoms with Crippen molar-refractivity contribution in [3.63, 3.8) is 0 Å². The molecule has 0 saturated carbocycles. The fourth-order valence-electron chi connectivity index (χ4n) is 4.22. The topological polar surface area (TPSA) is 84.2 Å². The lowest BCUT2D eigenvalue weighted by atomic mass is 10.2. The maximum atomic E-state index is 12.9. The number of amides is 2. The number of aromatic nitrogens is 4. The van der Waals surface area contributed by atoms with Gasteiger partial charge < -0.3 is 9.80 Å². The quantitative estimate of drug-likeness (QED) is 0.477. The van der Waals surface area contributed by atoms with Crippen LogP contribution in [0, 0.1) is 0 Å². The molecule has 0 N–H and O–H groups in total. The molecule has 8 nitrogen and oxygen atoms in total. The summed E-state index contributed by atoms with van der Waals surface area (Å²) in [5, 5.41) is 0. The molecule has 0 bridgehead atoms. The average Bonchev–Trinajstić information content (AvgIpc) is 3.26. The van der Waals surface area contributed by atoms with Crippen molar-refractivity contribution < 1.29 is 9.59 Å². The Morgan fingerprint density at radius 1 is 0.848 bits per heavy atom. The SMILES string of the molecule is O=C(CCc1nc2ccccc2n1-c1ccccc1)N1CCN(C(=O)c2cnccn2)CC1. The zero-order chi connectivity index (χ0) is 22.6. The van der Waals surface area contributed by atoms with Gasteiger partial charge in [0.25, 0.3) is 5.91 Å². The Balaban J connectivity index is 1.25. The lowest BCUT2D eigenvalue weighted by Crippen LogP contribution is -2.50. The third kappa shape index (κ3) is 4.32. The molecule has 1 saturated heterocycles. The number of fused-ring (bicyclic) bond motifs is 1. The van der Waals surface area contributed by atoms with E-state index in [-0.39, 0.29) is 11.8 Å². The minimum absolute atomic E-state index is 0.0771. The third-order valence-electron chi connectivity index (χ3n) is 5.91. The van der Waals surface area contributed by atoms with Crippen LogP contribution in [0.25, 0.3) is 16.7 Å². The number of benzene rings is 2. The molecule has 0 aliphatic carbocycles. The molecule has 0 atom stereocenters. The van der Waals surface area contributed by atoms with Crippen LogP contribution in [0.2, 0.25) is 0 Å². The van der Waals surface area contributed by atoms with Gasteiger partial charge in [-0.3, -0.25) is 19.1 Å². The van der Waals surface area contributed by atoms with Crippen LogP contribution in [-0.4, -0.2) is 67.3 Å². The minimum atomic E-state index is -0.147. The Labute approximate surface area is 191 Å². The maximum absolute atomic E-state index is 12.9. The molecule has 2 aromatic carbocycles. The van der Waals surface area contributed by atoms with Crippen molar-refractivity contribution in [2.24, 2.45) is 0 Å². The highest BCUT2D eigenvalue weighted by atomic mass is 16.2. The van der Waals surface area contributed by atoms with Gasteiger partial charge in [-0.15, -0.1) is 0 Å². The number of nitrogens with zero attached hydrogens (tertiary/aromatic N) is 6. The van der Waals surface area contributed by atoms with Crippen molar-refractivity contribution in [3.8, 4) is 5.69 Å². The van der Waals surface area contributed by atoms with Crippen LogP contribution in [0.4, 0.5) is 0 Å². The van der Waals surface area contributed by atoms with E-state index in [9.17, 15) is 9.59 Å². The van der Waals surface area contributed by atoms with Gasteiger partial charge in [0.1, 0.15) is 11.5 Å². The molecule has 4 aromatic rings. The van der Waals surface area contributed by atoms with Crippen molar-refractivity contribution in [2.75, 3.05) is 26.2 Å². The number of hydrogen-bond donors (Lipinski definition) is 0. The summed E-state index contributed by atoms with van der Waals surface area (Å²) in [7, 11) is 0. The first-order valence-corrected chi connectivity index (χ1v) is 11.1. The summed E-state index contributed by atoms with van der Waals surface area (Å²) in [6, 6.07) is 18.1. The highest BCUT2D eigenvalue weighted by Gasteiger charge is 2.26. The van der Waals surface area contributed by atoms with Crippen molar-refractivity contribution in [1.29, 1.82) is 0 Å². The summed E-state index contributed by atoms with van der Waals surface area (Å²) < 4.78 is 2.13. The lowest BCUT2D eigenvalue weighted by molar-refractivity contribution is -0.132. The van der Waals surface area contributed by atoms with Gasteiger partial charge in [0, 0.05) is 57.1 Å². The van der Waals surface area contributed by atoms with E-state index in [0.29, 0.717) is 44.7 Å². The fourth-order valence-corrected chi connectivity index (χ4v) is 4.22. The normalized spacial score (nSPS) is 13.9. The highest BCUT2D eigenvalue weighted by Crippen LogP contribution is 2.22. The number of aryl methyl sites for hydroxylation is 1. The number of rotatable bonds is 5. The van der Waals surface area contributed by atoms with Crippen molar-refractivity contribution in [3.05, 3.63) is 84.7 Å². The lowest BCUT2D eigenvalue weighted by Gasteiger charge is -2.34. The van der Waals surface area contributed by atoms with E-state index in [0.717, 1.165) is 22.5 Å². The molecule has 0 unspecified atom stereocenters. The molecule has 5 rings (SSSR count). The van der Waals surface area contributed by atoms with E-state index < -0.39 is 0 Å². The Kier molecular flexibility index (Phi) is 5.80. The summed E-state index contributed by atoms with van der Waals surface area (Å²) in [5.74, 6) is 0.798. The summed E-state index contributed by atoms with van der Waals surface area (Å²) in [6.45, 7) is 2.01. The molecule has 3 heterocycles. The van der Waals surface area contributed by atoms with Gasteiger partial charge in [0.05, 0.1) is 17.2 Å². The highest BCUT2D eigenvalue weighted by molar-refractivity contribution is 5.92. The molecule has 1 aliphatic rings. The molecule has 8 heteroatoms. The largest absolute Gasteiger partial charge is 0.339 e. The molecule has 0 spiro atoms. The van der Waals surface area contributed by atoms with E-state index in [4.69, 9.17) is 4.98 Å². The average molecular weight is 441 g/mol. The molecule has 1 aliphatic heterocycles. The van der Waals surface area contributed by atoms with Crippen LogP contribution >= 0.6 is 0 Å². The van der Waals surface area contributed by atoms with Crippen LogP contribution in [0.1, 0.15) is 22.7 Å². The Bertz CT molecular complexity index is 1260. The summed E-state index contributed by atoms with van der Waals surface area (Å²) in [6.07, 6.45) is 5.43. The zero-order valence-corrected chi connectivity index (χ0v) is 18.2. The summed E-state index contributed by atoms with van der Waals surface area (Å²) >= 11 is 0. The van der Waals surface area contributed by atoms with Crippen LogP contribution < -0.4 is 0 Å². The van der Waals surface area contributed by atoms with E-state index in [2.05, 4.69) is 14.5 Å². The van der Waals surface area contributed by atoms with Gasteiger partial charge in [-0.05, 0) is 24.3 Å². The minimum Gasteiger partial charge on any atom is -0.339 e. The predicted molar refractivity (Wildman–Crippen MR) is 124 cm³/mol. The smallest absolute Gasteiger partial charge is 0.274 e. The van der Waals surface area contributed by atoms with Crippen LogP contribution in [0.5, 0.6) is 0 Å². The molecule has 2 amide bonds. The Morgan fingerprint density at radius 2 is 1.58 bits per heavy atom. The molecule has 2 aromatic heterocycles. The molecule has 1 fully saturated rings. The van der Waals surface area contributed by atoms with Crippen molar-refractivity contribution in [2.45, 2.75) is 12.8 Å². The fraction of sp³-hybridized carbons (Fsp3) is 0.240. The Morgan fingerprint density at radius 3 is 2.33 bits per heavy atom. The first-order chi connectivity index (χ1) is 16.2. The van der Waals surface area contributed by atoms with Crippen LogP contribution in [0.3, 0.4) is 0 Å². The second-order valence-corrected chi connectivity index (χ2v) is 7.95. The molecule has 33 heavy (non-hydrogen) atoms. The standard InChI is InChI=1S/C25H24N6O2/c32-24(29-14-16-30(17-15-29)25(33)21-18-26-12-13-27-21)11-10-23-28-20-8-4-5-9-22(20)31(23)19-6-2-1-3-7-19/h1-9,12-13,18H,10-11,14-17H2. The van der Waals surface area contributed by atoms with Gasteiger partial charge in [-0.2, -0.15) is 0 Å². The first-order valence-electron chi connectivity index (χ1n) is 11.1. The van der Waals surface area contributed by atoms with E-state index >= 15 is 0 Å². The summed E-state index contributed by atoms with van der Waals surface area (Å²) in [5.41, 5.74) is 3.31. The second-order valence-electron chi connectivity index (χ2n) is 7.95. The maximum Gasteiger partial charge on any atom is 0.274 e. The number of carbonyl (C=O) groups is 2. The van der Waals surface area contributed by atoms with Gasteiger partial charge >= 0.3 is 0 Å². The van der Waals surface area contributed by atoms with E-state index in [1.165, 1.54) is 12.4 Å². The number of piperazine rings is 1.